The Morgan fingerprint density at radius 3 is 2.03 bits per heavy atom. The van der Waals surface area contributed by atoms with E-state index in [0.717, 1.165) is 18.5 Å². The van der Waals surface area contributed by atoms with Crippen molar-refractivity contribution in [2.45, 2.75) is 96.8 Å². The monoisotopic (exact) mass is 460 g/mol. The van der Waals surface area contributed by atoms with E-state index in [0.29, 0.717) is 24.7 Å². The number of rotatable bonds is 20. The number of hydrogen-bond donors (Lipinski definition) is 1. The van der Waals surface area contributed by atoms with Crippen LogP contribution in [0.4, 0.5) is 5.69 Å². The zero-order valence-electron chi connectivity index (χ0n) is 21.4. The maximum absolute atomic E-state index is 12.5. The first kappa shape index (κ1) is 29.0. The lowest BCUT2D eigenvalue weighted by Crippen LogP contribution is -2.24. The number of hydrogen-bond acceptors (Lipinski definition) is 4. The van der Waals surface area contributed by atoms with Crippen LogP contribution in [0, 0.1) is 0 Å². The predicted octanol–water partition coefficient (Wildman–Crippen LogP) is 7.03. The van der Waals surface area contributed by atoms with E-state index < -0.39 is 0 Å². The fourth-order valence-electron chi connectivity index (χ4n) is 3.86. The zero-order valence-corrected chi connectivity index (χ0v) is 21.4. The Balaban J connectivity index is 2.15. The summed E-state index contributed by atoms with van der Waals surface area (Å²) in [6.45, 7) is 3.13. The number of anilines is 1. The van der Waals surface area contributed by atoms with Crippen LogP contribution >= 0.6 is 0 Å². The number of nitrogens with zero attached hydrogens (tertiary/aromatic N) is 1. The summed E-state index contributed by atoms with van der Waals surface area (Å²) in [5.41, 5.74) is 6.26. The molecule has 5 nitrogen and oxygen atoms in total. The van der Waals surface area contributed by atoms with Crippen molar-refractivity contribution in [3.63, 3.8) is 0 Å². The number of amides is 1. The topological polar surface area (TPSA) is 64.8 Å². The highest BCUT2D eigenvalue weighted by Gasteiger charge is 2.12. The Hall–Kier alpha value is -2.01. The Bertz CT molecular complexity index is 661. The first-order chi connectivity index (χ1) is 16.1. The first-order valence-corrected chi connectivity index (χ1v) is 13.1. The van der Waals surface area contributed by atoms with E-state index in [1.807, 2.05) is 24.3 Å². The molecule has 1 amide bonds. The van der Waals surface area contributed by atoms with Crippen molar-refractivity contribution in [3.8, 4) is 11.5 Å². The molecule has 0 aliphatic carbocycles. The summed E-state index contributed by atoms with van der Waals surface area (Å²) in [4.78, 5) is 14.1. The second-order valence-corrected chi connectivity index (χ2v) is 8.80. The largest absolute Gasteiger partial charge is 0.493 e. The Labute approximate surface area is 202 Å². The summed E-state index contributed by atoms with van der Waals surface area (Å²) in [5.74, 6) is 1.18. The van der Waals surface area contributed by atoms with Crippen LogP contribution in [0.2, 0.25) is 0 Å². The highest BCUT2D eigenvalue weighted by Crippen LogP contribution is 2.31. The number of benzene rings is 1. The summed E-state index contributed by atoms with van der Waals surface area (Å²) in [7, 11) is 3.36. The van der Waals surface area contributed by atoms with E-state index in [2.05, 4.69) is 6.92 Å². The quantitative estimate of drug-likeness (QED) is 0.167. The number of methoxy groups -OCH3 is 1. The van der Waals surface area contributed by atoms with Gasteiger partial charge in [-0.3, -0.25) is 4.79 Å². The fourth-order valence-corrected chi connectivity index (χ4v) is 3.86. The maximum Gasteiger partial charge on any atom is 0.250 e. The minimum atomic E-state index is -0.0395. The van der Waals surface area contributed by atoms with Crippen LogP contribution in [0.1, 0.15) is 96.8 Å². The molecule has 0 unspecified atom stereocenters. The molecular weight excluding hydrogens is 412 g/mol. The number of likely N-dealkylation sites (N-methyl/N-ethyl adjacent to an activating group) is 1. The molecule has 2 N–H and O–H groups in total. The summed E-state index contributed by atoms with van der Waals surface area (Å²) in [5, 5.41) is 0. The highest BCUT2D eigenvalue weighted by molar-refractivity contribution is 6.01. The number of carbonyl (C=O) groups excluding carboxylic acids is 1. The van der Waals surface area contributed by atoms with Gasteiger partial charge in [-0.1, -0.05) is 90.0 Å². The number of unbranched alkanes of at least 4 members (excludes halogenated alkanes) is 13. The first-order valence-electron chi connectivity index (χ1n) is 13.1. The van der Waals surface area contributed by atoms with Gasteiger partial charge in [-0.2, -0.15) is 0 Å². The molecule has 1 rings (SSSR count). The van der Waals surface area contributed by atoms with Crippen molar-refractivity contribution in [3.05, 3.63) is 30.4 Å². The molecule has 5 heteroatoms. The second kappa shape index (κ2) is 19.5. The molecule has 0 bridgehead atoms. The molecule has 0 aliphatic heterocycles. The molecule has 0 radical (unpaired) electrons. The van der Waals surface area contributed by atoms with Gasteiger partial charge in [0.25, 0.3) is 0 Å². The van der Waals surface area contributed by atoms with Crippen LogP contribution in [0.25, 0.3) is 0 Å². The number of carbonyl (C=O) groups is 1. The molecule has 0 spiro atoms. The van der Waals surface area contributed by atoms with Crippen LogP contribution in [0.15, 0.2) is 30.4 Å². The zero-order chi connectivity index (χ0) is 24.2. The molecule has 33 heavy (non-hydrogen) atoms. The maximum atomic E-state index is 12.5. The predicted molar refractivity (Wildman–Crippen MR) is 140 cm³/mol. The highest BCUT2D eigenvalue weighted by atomic mass is 16.5. The lowest BCUT2D eigenvalue weighted by molar-refractivity contribution is -0.113. The molecule has 0 aliphatic rings. The molecule has 188 valence electrons. The normalized spacial score (nSPS) is 11.2. The molecule has 0 atom stereocenters. The molecule has 0 fully saturated rings. The molecule has 0 heterocycles. The van der Waals surface area contributed by atoms with E-state index in [1.165, 1.54) is 77.0 Å². The van der Waals surface area contributed by atoms with Crippen molar-refractivity contribution in [2.75, 3.05) is 32.2 Å². The Kier molecular flexibility index (Phi) is 17.1. The average Bonchev–Trinajstić information content (AvgIpc) is 2.84. The summed E-state index contributed by atoms with van der Waals surface area (Å²) >= 11 is 0. The SMILES string of the molecule is CCCCCCCCCCCCCCCC=CC(=O)N(C)c1ccc(OCCN)c(OC)c1. The molecule has 1 aromatic carbocycles. The third-order valence-corrected chi connectivity index (χ3v) is 5.98. The number of nitrogens with two attached hydrogens (primary N) is 1. The summed E-state index contributed by atoms with van der Waals surface area (Å²) < 4.78 is 10.9. The third-order valence-electron chi connectivity index (χ3n) is 5.98. The van der Waals surface area contributed by atoms with Crippen LogP contribution in [0.5, 0.6) is 11.5 Å². The van der Waals surface area contributed by atoms with Crippen LogP contribution in [0.3, 0.4) is 0 Å². The van der Waals surface area contributed by atoms with Gasteiger partial charge in [-0.25, -0.2) is 0 Å². The van der Waals surface area contributed by atoms with Gasteiger partial charge in [-0.05, 0) is 31.1 Å². The van der Waals surface area contributed by atoms with E-state index in [1.54, 1.807) is 25.1 Å². The van der Waals surface area contributed by atoms with Crippen LogP contribution in [-0.4, -0.2) is 33.2 Å². The Morgan fingerprint density at radius 1 is 0.909 bits per heavy atom. The standard InChI is InChI=1S/C28H48N2O3/c1-4-5-6-7-8-9-10-11-12-13-14-15-16-17-18-19-28(31)30(2)25-20-21-26(33-23-22-29)27(24-25)32-3/h18-21,24H,4-17,22-23,29H2,1-3H3. The van der Waals surface area contributed by atoms with Gasteiger partial charge in [0.05, 0.1) is 7.11 Å². The van der Waals surface area contributed by atoms with E-state index in [9.17, 15) is 4.79 Å². The minimum absolute atomic E-state index is 0.0395. The van der Waals surface area contributed by atoms with E-state index in [-0.39, 0.29) is 5.91 Å². The summed E-state index contributed by atoms with van der Waals surface area (Å²) in [6, 6.07) is 5.47. The average molecular weight is 461 g/mol. The van der Waals surface area contributed by atoms with Crippen molar-refractivity contribution >= 4 is 11.6 Å². The number of allylic oxidation sites excluding steroid dienone is 1. The minimum Gasteiger partial charge on any atom is -0.493 e. The van der Waals surface area contributed by atoms with Gasteiger partial charge in [0.15, 0.2) is 11.5 Å². The Morgan fingerprint density at radius 2 is 1.48 bits per heavy atom. The van der Waals surface area contributed by atoms with Gasteiger partial charge >= 0.3 is 0 Å². The van der Waals surface area contributed by atoms with Crippen molar-refractivity contribution in [1.29, 1.82) is 0 Å². The second-order valence-electron chi connectivity index (χ2n) is 8.80. The van der Waals surface area contributed by atoms with Crippen LogP contribution in [-0.2, 0) is 4.79 Å². The lowest BCUT2D eigenvalue weighted by Gasteiger charge is -2.18. The van der Waals surface area contributed by atoms with Crippen molar-refractivity contribution < 1.29 is 14.3 Å². The van der Waals surface area contributed by atoms with Gasteiger partial charge in [0.2, 0.25) is 5.91 Å². The van der Waals surface area contributed by atoms with Gasteiger partial charge in [0.1, 0.15) is 6.61 Å². The molecule has 0 aromatic heterocycles. The van der Waals surface area contributed by atoms with Gasteiger partial charge in [0, 0.05) is 25.3 Å². The molecule has 0 saturated carbocycles. The lowest BCUT2D eigenvalue weighted by atomic mass is 10.0. The van der Waals surface area contributed by atoms with E-state index >= 15 is 0 Å². The number of ether oxygens (including phenoxy) is 2. The van der Waals surface area contributed by atoms with Gasteiger partial charge < -0.3 is 20.1 Å². The van der Waals surface area contributed by atoms with Crippen LogP contribution < -0.4 is 20.1 Å². The summed E-state index contributed by atoms with van der Waals surface area (Å²) in [6.07, 6.45) is 22.2. The van der Waals surface area contributed by atoms with E-state index in [4.69, 9.17) is 15.2 Å². The third kappa shape index (κ3) is 13.3. The smallest absolute Gasteiger partial charge is 0.250 e. The van der Waals surface area contributed by atoms with Crippen molar-refractivity contribution in [1.82, 2.24) is 0 Å². The fraction of sp³-hybridized carbons (Fsp3) is 0.679. The molecular formula is C28H48N2O3. The molecule has 0 saturated heterocycles. The van der Waals surface area contributed by atoms with Crippen molar-refractivity contribution in [2.24, 2.45) is 5.73 Å². The molecule has 1 aromatic rings. The van der Waals surface area contributed by atoms with Gasteiger partial charge in [-0.15, -0.1) is 0 Å².